The van der Waals surface area contributed by atoms with Gasteiger partial charge in [0.15, 0.2) is 0 Å². The molecule has 0 spiro atoms. The number of rotatable bonds is 7. The van der Waals surface area contributed by atoms with E-state index in [1.165, 1.54) is 6.33 Å². The molecular formula is C11H19BrN4O. The summed E-state index contributed by atoms with van der Waals surface area (Å²) < 4.78 is 0.846. The second kappa shape index (κ2) is 7.45. The molecule has 0 amide bonds. The lowest BCUT2D eigenvalue weighted by Crippen LogP contribution is -2.09. The van der Waals surface area contributed by atoms with E-state index in [-0.39, 0.29) is 6.10 Å². The van der Waals surface area contributed by atoms with Gasteiger partial charge in [-0.3, -0.25) is 0 Å². The molecule has 1 rings (SSSR count). The monoisotopic (exact) mass is 302 g/mol. The van der Waals surface area contributed by atoms with Crippen LogP contribution in [0.5, 0.6) is 0 Å². The predicted octanol–water partition coefficient (Wildman–Crippen LogP) is 2.24. The summed E-state index contributed by atoms with van der Waals surface area (Å²) in [6.45, 7) is 5.41. The minimum Gasteiger partial charge on any atom is -0.393 e. The standard InChI is InChI=1S/C11H19BrN4O/c1-3-13-10-9(12)11(16-7-15-10)14-6-4-5-8(2)17/h7-8,17H,3-6H2,1-2H3,(H2,13,14,15,16). The van der Waals surface area contributed by atoms with E-state index in [1.54, 1.807) is 6.92 Å². The van der Waals surface area contributed by atoms with E-state index in [9.17, 15) is 0 Å². The van der Waals surface area contributed by atoms with Crippen molar-refractivity contribution >= 4 is 27.6 Å². The Balaban J connectivity index is 2.50. The van der Waals surface area contributed by atoms with Gasteiger partial charge in [0.1, 0.15) is 22.4 Å². The maximum Gasteiger partial charge on any atom is 0.145 e. The third-order valence-electron chi connectivity index (χ3n) is 2.22. The van der Waals surface area contributed by atoms with Gasteiger partial charge in [-0.2, -0.15) is 0 Å². The summed E-state index contributed by atoms with van der Waals surface area (Å²) in [5, 5.41) is 15.5. The van der Waals surface area contributed by atoms with Gasteiger partial charge in [0.05, 0.1) is 6.10 Å². The second-order valence-corrected chi connectivity index (χ2v) is 4.63. The summed E-state index contributed by atoms with van der Waals surface area (Å²) in [6.07, 6.45) is 2.98. The van der Waals surface area contributed by atoms with Crippen LogP contribution in [-0.4, -0.2) is 34.3 Å². The van der Waals surface area contributed by atoms with E-state index in [1.807, 2.05) is 6.92 Å². The smallest absolute Gasteiger partial charge is 0.145 e. The Morgan fingerprint density at radius 1 is 1.35 bits per heavy atom. The van der Waals surface area contributed by atoms with Crippen molar-refractivity contribution in [3.05, 3.63) is 10.8 Å². The Kier molecular flexibility index (Phi) is 6.21. The van der Waals surface area contributed by atoms with Gasteiger partial charge >= 0.3 is 0 Å². The normalized spacial score (nSPS) is 12.2. The van der Waals surface area contributed by atoms with Gasteiger partial charge < -0.3 is 15.7 Å². The van der Waals surface area contributed by atoms with Gasteiger partial charge in [-0.1, -0.05) is 0 Å². The zero-order valence-electron chi connectivity index (χ0n) is 10.2. The third-order valence-corrected chi connectivity index (χ3v) is 2.98. The minimum absolute atomic E-state index is 0.247. The van der Waals surface area contributed by atoms with Crippen molar-refractivity contribution in [2.45, 2.75) is 32.8 Å². The van der Waals surface area contributed by atoms with Crippen molar-refractivity contribution in [1.82, 2.24) is 9.97 Å². The van der Waals surface area contributed by atoms with E-state index < -0.39 is 0 Å². The predicted molar refractivity (Wildman–Crippen MR) is 73.3 cm³/mol. The molecule has 0 aliphatic carbocycles. The third kappa shape index (κ3) is 4.87. The number of anilines is 2. The van der Waals surface area contributed by atoms with Crippen LogP contribution in [0.25, 0.3) is 0 Å². The van der Waals surface area contributed by atoms with Crippen molar-refractivity contribution in [2.75, 3.05) is 23.7 Å². The van der Waals surface area contributed by atoms with Gasteiger partial charge in [-0.05, 0) is 42.6 Å². The zero-order valence-corrected chi connectivity index (χ0v) is 11.8. The van der Waals surface area contributed by atoms with Crippen molar-refractivity contribution in [1.29, 1.82) is 0 Å². The number of hydrogen-bond donors (Lipinski definition) is 3. The van der Waals surface area contributed by atoms with Crippen molar-refractivity contribution in [3.8, 4) is 0 Å². The molecule has 0 aromatic carbocycles. The summed E-state index contributed by atoms with van der Waals surface area (Å²) in [5.41, 5.74) is 0. The largest absolute Gasteiger partial charge is 0.393 e. The van der Waals surface area contributed by atoms with Crippen LogP contribution >= 0.6 is 15.9 Å². The number of halogens is 1. The summed E-state index contributed by atoms with van der Waals surface area (Å²) in [4.78, 5) is 8.30. The van der Waals surface area contributed by atoms with Crippen LogP contribution in [0.2, 0.25) is 0 Å². The van der Waals surface area contributed by atoms with Crippen molar-refractivity contribution < 1.29 is 5.11 Å². The van der Waals surface area contributed by atoms with E-state index >= 15 is 0 Å². The molecule has 0 fully saturated rings. The number of hydrogen-bond acceptors (Lipinski definition) is 5. The summed E-state index contributed by atoms with van der Waals surface area (Å²) in [7, 11) is 0. The fourth-order valence-corrected chi connectivity index (χ4v) is 1.87. The number of nitrogens with one attached hydrogen (secondary N) is 2. The molecule has 0 saturated carbocycles. The van der Waals surface area contributed by atoms with Crippen LogP contribution in [0.3, 0.4) is 0 Å². The van der Waals surface area contributed by atoms with E-state index in [2.05, 4.69) is 36.5 Å². The lowest BCUT2D eigenvalue weighted by molar-refractivity contribution is 0.183. The number of nitrogens with zero attached hydrogens (tertiary/aromatic N) is 2. The van der Waals surface area contributed by atoms with E-state index in [0.717, 1.165) is 42.0 Å². The Morgan fingerprint density at radius 2 is 2.00 bits per heavy atom. The van der Waals surface area contributed by atoms with Gasteiger partial charge in [0.2, 0.25) is 0 Å². The van der Waals surface area contributed by atoms with Gasteiger partial charge in [-0.15, -0.1) is 0 Å². The first-order valence-electron chi connectivity index (χ1n) is 5.81. The zero-order chi connectivity index (χ0) is 12.7. The molecule has 1 unspecified atom stereocenters. The lowest BCUT2D eigenvalue weighted by atomic mass is 10.2. The molecule has 1 aromatic heterocycles. The van der Waals surface area contributed by atoms with Crippen LogP contribution in [0, 0.1) is 0 Å². The highest BCUT2D eigenvalue weighted by atomic mass is 79.9. The van der Waals surface area contributed by atoms with Gasteiger partial charge in [0, 0.05) is 13.1 Å². The number of aliphatic hydroxyl groups is 1. The molecular weight excluding hydrogens is 284 g/mol. The van der Waals surface area contributed by atoms with Gasteiger partial charge in [0.25, 0.3) is 0 Å². The number of aliphatic hydroxyl groups excluding tert-OH is 1. The van der Waals surface area contributed by atoms with Crippen LogP contribution in [0.1, 0.15) is 26.7 Å². The topological polar surface area (TPSA) is 70.1 Å². The number of aromatic nitrogens is 2. The van der Waals surface area contributed by atoms with Gasteiger partial charge in [-0.25, -0.2) is 9.97 Å². The average Bonchev–Trinajstić information content (AvgIpc) is 2.29. The lowest BCUT2D eigenvalue weighted by Gasteiger charge is -2.11. The Hall–Kier alpha value is -0.880. The SMILES string of the molecule is CCNc1ncnc(NCCCC(C)O)c1Br. The maximum atomic E-state index is 9.15. The molecule has 5 nitrogen and oxygen atoms in total. The average molecular weight is 303 g/mol. The highest BCUT2D eigenvalue weighted by Gasteiger charge is 2.07. The highest BCUT2D eigenvalue weighted by molar-refractivity contribution is 9.10. The molecule has 0 saturated heterocycles. The molecule has 6 heteroatoms. The van der Waals surface area contributed by atoms with E-state index in [4.69, 9.17) is 5.11 Å². The molecule has 1 aromatic rings. The first kappa shape index (κ1) is 14.2. The minimum atomic E-state index is -0.247. The molecule has 96 valence electrons. The Bertz CT molecular complexity index is 346. The Morgan fingerprint density at radius 3 is 2.59 bits per heavy atom. The van der Waals surface area contributed by atoms with Crippen LogP contribution < -0.4 is 10.6 Å². The molecule has 0 radical (unpaired) electrons. The Labute approximate surface area is 110 Å². The van der Waals surface area contributed by atoms with Crippen LogP contribution in [0.15, 0.2) is 10.8 Å². The highest BCUT2D eigenvalue weighted by Crippen LogP contribution is 2.26. The maximum absolute atomic E-state index is 9.15. The molecule has 0 aliphatic rings. The summed E-state index contributed by atoms with van der Waals surface area (Å²) in [6, 6.07) is 0. The molecule has 0 bridgehead atoms. The summed E-state index contributed by atoms with van der Waals surface area (Å²) in [5.74, 6) is 1.57. The molecule has 0 aliphatic heterocycles. The second-order valence-electron chi connectivity index (χ2n) is 3.83. The quantitative estimate of drug-likeness (QED) is 0.674. The van der Waals surface area contributed by atoms with Crippen molar-refractivity contribution in [2.24, 2.45) is 0 Å². The molecule has 3 N–H and O–H groups in total. The van der Waals surface area contributed by atoms with E-state index in [0.29, 0.717) is 0 Å². The first-order chi connectivity index (χ1) is 8.15. The van der Waals surface area contributed by atoms with Crippen molar-refractivity contribution in [3.63, 3.8) is 0 Å². The fraction of sp³-hybridized carbons (Fsp3) is 0.636. The van der Waals surface area contributed by atoms with Crippen LogP contribution in [0.4, 0.5) is 11.6 Å². The fourth-order valence-electron chi connectivity index (χ4n) is 1.39. The molecule has 1 heterocycles. The van der Waals surface area contributed by atoms with Crippen LogP contribution in [-0.2, 0) is 0 Å². The summed E-state index contributed by atoms with van der Waals surface area (Å²) >= 11 is 3.46. The first-order valence-corrected chi connectivity index (χ1v) is 6.60. The molecule has 17 heavy (non-hydrogen) atoms. The molecule has 1 atom stereocenters.